The molecule has 0 amide bonds. The van der Waals surface area contributed by atoms with Gasteiger partial charge in [-0.1, -0.05) is 18.2 Å². The van der Waals surface area contributed by atoms with Crippen molar-refractivity contribution in [1.82, 2.24) is 0 Å². The van der Waals surface area contributed by atoms with Crippen LogP contribution in [-0.4, -0.2) is 42.6 Å². The molecule has 2 unspecified atom stereocenters. The van der Waals surface area contributed by atoms with Crippen LogP contribution in [0.2, 0.25) is 0 Å². The van der Waals surface area contributed by atoms with Crippen molar-refractivity contribution in [3.8, 4) is 11.5 Å². The fourth-order valence-electron chi connectivity index (χ4n) is 4.12. The summed E-state index contributed by atoms with van der Waals surface area (Å²) in [5, 5.41) is 10.7. The Hall–Kier alpha value is -3.31. The molecule has 0 bridgehead atoms. The summed E-state index contributed by atoms with van der Waals surface area (Å²) < 4.78 is 60.4. The molecule has 8 nitrogen and oxygen atoms in total. The summed E-state index contributed by atoms with van der Waals surface area (Å²) in [5.74, 6) is -4.42. The normalized spacial score (nSPS) is 15.6. The molecule has 0 fully saturated rings. The van der Waals surface area contributed by atoms with E-state index in [0.29, 0.717) is 19.4 Å². The molecule has 1 heterocycles. The number of nitrogens with two attached hydrogens (primary N) is 1. The van der Waals surface area contributed by atoms with Gasteiger partial charge in [0.05, 0.1) is 24.9 Å². The largest absolute Gasteiger partial charge is 0.460 e. The zero-order valence-corrected chi connectivity index (χ0v) is 20.5. The molecule has 1 aliphatic heterocycles. The lowest BCUT2D eigenvalue weighted by molar-refractivity contribution is -0.202. The van der Waals surface area contributed by atoms with E-state index in [4.69, 9.17) is 24.7 Å². The van der Waals surface area contributed by atoms with Gasteiger partial charge in [-0.05, 0) is 81.0 Å². The van der Waals surface area contributed by atoms with Crippen LogP contribution >= 0.6 is 0 Å². The zero-order valence-electron chi connectivity index (χ0n) is 20.5. The smallest absolute Gasteiger partial charge is 0.453 e. The molecule has 11 heteroatoms. The quantitative estimate of drug-likeness (QED) is 0.335. The predicted molar refractivity (Wildman–Crippen MR) is 126 cm³/mol. The lowest BCUT2D eigenvalue weighted by atomic mass is 9.88. The number of aliphatic hydroxyl groups excluding tert-OH is 1. The van der Waals surface area contributed by atoms with Crippen molar-refractivity contribution in [2.75, 3.05) is 19.8 Å². The fourth-order valence-corrected chi connectivity index (χ4v) is 4.12. The van der Waals surface area contributed by atoms with E-state index in [0.717, 1.165) is 17.7 Å². The minimum absolute atomic E-state index is 0.0106. The van der Waals surface area contributed by atoms with E-state index in [1.165, 1.54) is 18.2 Å². The standard InChI is InChI=1S/C26H30F3NO7/c1-3-34-23(32)25(24(33)35-4-2)36-21-9-8-16(14-22(21)37-25)12-17(10-11-30)13-20(31)18-6-5-7-19(15-18)26(27,28)29/h5-9,14-15,17,20,31H,3-4,10-13,30H2,1-2H3. The topological polar surface area (TPSA) is 117 Å². The molecule has 0 radical (unpaired) electrons. The third kappa shape index (κ3) is 6.53. The first-order valence-corrected chi connectivity index (χ1v) is 11.9. The van der Waals surface area contributed by atoms with E-state index in [-0.39, 0.29) is 42.6 Å². The number of halogens is 3. The minimum atomic E-state index is -4.51. The van der Waals surface area contributed by atoms with E-state index in [1.807, 2.05) is 0 Å². The molecule has 3 N–H and O–H groups in total. The van der Waals surface area contributed by atoms with Crippen molar-refractivity contribution in [2.24, 2.45) is 11.7 Å². The second kappa shape index (κ2) is 11.8. The molecule has 3 rings (SSSR count). The lowest BCUT2D eigenvalue weighted by Crippen LogP contribution is -2.55. The van der Waals surface area contributed by atoms with Crippen LogP contribution in [0.25, 0.3) is 0 Å². The highest BCUT2D eigenvalue weighted by Gasteiger charge is 2.59. The molecule has 202 valence electrons. The number of hydrogen-bond acceptors (Lipinski definition) is 8. The van der Waals surface area contributed by atoms with E-state index < -0.39 is 35.6 Å². The maximum absolute atomic E-state index is 13.1. The monoisotopic (exact) mass is 525 g/mol. The van der Waals surface area contributed by atoms with Gasteiger partial charge in [-0.25, -0.2) is 9.59 Å². The van der Waals surface area contributed by atoms with E-state index in [1.54, 1.807) is 26.0 Å². The SMILES string of the molecule is CCOC(=O)C1(C(=O)OCC)Oc2ccc(CC(CCN)CC(O)c3cccc(C(F)(F)F)c3)cc2O1. The van der Waals surface area contributed by atoms with Crippen molar-refractivity contribution < 1.29 is 46.8 Å². The Kier molecular flexibility index (Phi) is 9.03. The van der Waals surface area contributed by atoms with Gasteiger partial charge in [-0.3, -0.25) is 0 Å². The maximum atomic E-state index is 13.1. The number of rotatable bonds is 11. The number of benzene rings is 2. The number of fused-ring (bicyclic) bond motifs is 1. The molecule has 0 saturated carbocycles. The van der Waals surface area contributed by atoms with Gasteiger partial charge in [0, 0.05) is 0 Å². The summed E-state index contributed by atoms with van der Waals surface area (Å²) in [4.78, 5) is 25.1. The van der Waals surface area contributed by atoms with Crippen LogP contribution in [0, 0.1) is 5.92 Å². The average molecular weight is 526 g/mol. The molecular weight excluding hydrogens is 495 g/mol. The maximum Gasteiger partial charge on any atom is 0.453 e. The van der Waals surface area contributed by atoms with Crippen LogP contribution in [0.3, 0.4) is 0 Å². The molecular formula is C26H30F3NO7. The summed E-state index contributed by atoms with van der Waals surface area (Å²) in [5.41, 5.74) is 5.80. The Morgan fingerprint density at radius 2 is 1.68 bits per heavy atom. The minimum Gasteiger partial charge on any atom is -0.460 e. The summed E-state index contributed by atoms with van der Waals surface area (Å²) in [6.45, 7) is 3.43. The third-order valence-corrected chi connectivity index (χ3v) is 5.86. The molecule has 0 saturated heterocycles. The Labute approximate surface area is 212 Å². The summed E-state index contributed by atoms with van der Waals surface area (Å²) in [6.07, 6.45) is -4.58. The summed E-state index contributed by atoms with van der Waals surface area (Å²) in [7, 11) is 0. The Morgan fingerprint density at radius 1 is 1.03 bits per heavy atom. The van der Waals surface area contributed by atoms with Crippen LogP contribution in [0.5, 0.6) is 11.5 Å². The number of aliphatic hydroxyl groups is 1. The predicted octanol–water partition coefficient (Wildman–Crippen LogP) is 3.93. The number of esters is 2. The van der Waals surface area contributed by atoms with Gasteiger partial charge in [0.15, 0.2) is 11.5 Å². The first kappa shape index (κ1) is 28.3. The Bertz CT molecular complexity index is 1090. The summed E-state index contributed by atoms with van der Waals surface area (Å²) in [6, 6.07) is 9.43. The van der Waals surface area contributed by atoms with Crippen molar-refractivity contribution in [2.45, 2.75) is 51.2 Å². The molecule has 0 aliphatic carbocycles. The van der Waals surface area contributed by atoms with Gasteiger partial charge in [-0.2, -0.15) is 13.2 Å². The van der Waals surface area contributed by atoms with Gasteiger partial charge >= 0.3 is 23.9 Å². The molecule has 2 atom stereocenters. The first-order chi connectivity index (χ1) is 17.5. The van der Waals surface area contributed by atoms with Gasteiger partial charge in [0.2, 0.25) is 0 Å². The average Bonchev–Trinajstić information content (AvgIpc) is 3.24. The van der Waals surface area contributed by atoms with Crippen LogP contribution < -0.4 is 15.2 Å². The number of hydrogen-bond donors (Lipinski definition) is 2. The Morgan fingerprint density at radius 3 is 2.27 bits per heavy atom. The number of carbonyl (C=O) groups is 2. The molecule has 37 heavy (non-hydrogen) atoms. The number of carbonyl (C=O) groups excluding carboxylic acids is 2. The van der Waals surface area contributed by atoms with Crippen molar-refractivity contribution in [3.05, 3.63) is 59.2 Å². The van der Waals surface area contributed by atoms with E-state index in [2.05, 4.69) is 0 Å². The fraction of sp³-hybridized carbons (Fsp3) is 0.462. The first-order valence-electron chi connectivity index (χ1n) is 11.9. The molecule has 1 aliphatic rings. The second-order valence-corrected chi connectivity index (χ2v) is 8.56. The van der Waals surface area contributed by atoms with Crippen molar-refractivity contribution in [3.63, 3.8) is 0 Å². The second-order valence-electron chi connectivity index (χ2n) is 8.56. The molecule has 2 aromatic rings. The highest BCUT2D eigenvalue weighted by Crippen LogP contribution is 2.42. The van der Waals surface area contributed by atoms with Gasteiger partial charge < -0.3 is 29.8 Å². The summed E-state index contributed by atoms with van der Waals surface area (Å²) >= 11 is 0. The number of alkyl halides is 3. The molecule has 2 aromatic carbocycles. The van der Waals surface area contributed by atoms with Crippen LogP contribution in [0.4, 0.5) is 13.2 Å². The van der Waals surface area contributed by atoms with Crippen molar-refractivity contribution in [1.29, 1.82) is 0 Å². The lowest BCUT2D eigenvalue weighted by Gasteiger charge is -2.22. The van der Waals surface area contributed by atoms with Crippen LogP contribution in [0.1, 0.15) is 49.5 Å². The molecule has 0 aromatic heterocycles. The Balaban J connectivity index is 1.78. The molecule has 0 spiro atoms. The highest BCUT2D eigenvalue weighted by atomic mass is 19.4. The highest BCUT2D eigenvalue weighted by molar-refractivity contribution is 6.03. The number of ether oxygens (including phenoxy) is 4. The van der Waals surface area contributed by atoms with Crippen LogP contribution in [0.15, 0.2) is 42.5 Å². The third-order valence-electron chi connectivity index (χ3n) is 5.86. The zero-order chi connectivity index (χ0) is 27.2. The van der Waals surface area contributed by atoms with Crippen molar-refractivity contribution >= 4 is 11.9 Å². The van der Waals surface area contributed by atoms with Gasteiger partial charge in [0.25, 0.3) is 0 Å². The van der Waals surface area contributed by atoms with Gasteiger partial charge in [-0.15, -0.1) is 0 Å². The van der Waals surface area contributed by atoms with E-state index >= 15 is 0 Å². The van der Waals surface area contributed by atoms with Crippen LogP contribution in [-0.2, 0) is 31.7 Å². The van der Waals surface area contributed by atoms with E-state index in [9.17, 15) is 27.9 Å². The van der Waals surface area contributed by atoms with Gasteiger partial charge in [0.1, 0.15) is 0 Å².